The van der Waals surface area contributed by atoms with E-state index in [0.717, 1.165) is 6.42 Å². The standard InChI is InChI=1S/C11H16N2O3/c1-6-4-9(6)13-11(16)12-8-3-2-7(5-8)10(14)15/h2-3,6-9H,4-5H2,1H3,(H,14,15)(H2,12,13,16). The maximum absolute atomic E-state index is 11.5. The lowest BCUT2D eigenvalue weighted by molar-refractivity contribution is -0.140. The van der Waals surface area contributed by atoms with Gasteiger partial charge in [-0.25, -0.2) is 4.79 Å². The van der Waals surface area contributed by atoms with Gasteiger partial charge in [0.05, 0.1) is 12.0 Å². The number of urea groups is 1. The largest absolute Gasteiger partial charge is 0.481 e. The van der Waals surface area contributed by atoms with Crippen molar-refractivity contribution in [3.63, 3.8) is 0 Å². The number of hydrogen-bond donors (Lipinski definition) is 3. The quantitative estimate of drug-likeness (QED) is 0.618. The third-order valence-corrected chi connectivity index (χ3v) is 3.14. The molecule has 2 amide bonds. The maximum atomic E-state index is 11.5. The lowest BCUT2D eigenvalue weighted by atomic mass is 10.1. The molecule has 88 valence electrons. The monoisotopic (exact) mass is 224 g/mol. The highest BCUT2D eigenvalue weighted by atomic mass is 16.4. The number of carbonyl (C=O) groups is 2. The molecule has 0 bridgehead atoms. The van der Waals surface area contributed by atoms with E-state index in [4.69, 9.17) is 5.11 Å². The van der Waals surface area contributed by atoms with E-state index in [0.29, 0.717) is 18.4 Å². The molecule has 0 heterocycles. The number of aliphatic carboxylic acids is 1. The van der Waals surface area contributed by atoms with Crippen LogP contribution < -0.4 is 10.6 Å². The molecule has 1 fully saturated rings. The van der Waals surface area contributed by atoms with Gasteiger partial charge in [0.25, 0.3) is 0 Å². The molecule has 0 radical (unpaired) electrons. The van der Waals surface area contributed by atoms with Gasteiger partial charge in [-0.2, -0.15) is 0 Å². The molecule has 5 heteroatoms. The Labute approximate surface area is 93.9 Å². The fourth-order valence-corrected chi connectivity index (χ4v) is 1.89. The average Bonchev–Trinajstić information content (AvgIpc) is 2.72. The molecular weight excluding hydrogens is 208 g/mol. The first-order chi connectivity index (χ1) is 7.56. The van der Waals surface area contributed by atoms with Crippen LogP contribution in [-0.2, 0) is 4.79 Å². The molecule has 4 atom stereocenters. The molecule has 0 aliphatic heterocycles. The van der Waals surface area contributed by atoms with Crippen molar-refractivity contribution in [2.45, 2.75) is 31.8 Å². The van der Waals surface area contributed by atoms with Crippen molar-refractivity contribution < 1.29 is 14.7 Å². The van der Waals surface area contributed by atoms with Crippen molar-refractivity contribution in [1.29, 1.82) is 0 Å². The molecule has 2 rings (SSSR count). The number of amides is 2. The van der Waals surface area contributed by atoms with E-state index in [9.17, 15) is 9.59 Å². The second-order valence-corrected chi connectivity index (χ2v) is 4.61. The molecule has 0 spiro atoms. The molecule has 0 aromatic heterocycles. The van der Waals surface area contributed by atoms with Gasteiger partial charge in [-0.3, -0.25) is 4.79 Å². The summed E-state index contributed by atoms with van der Waals surface area (Å²) in [4.78, 5) is 22.2. The van der Waals surface area contributed by atoms with Gasteiger partial charge in [-0.15, -0.1) is 0 Å². The zero-order valence-electron chi connectivity index (χ0n) is 9.14. The first kappa shape index (κ1) is 11.0. The molecule has 2 aliphatic carbocycles. The van der Waals surface area contributed by atoms with Gasteiger partial charge >= 0.3 is 12.0 Å². The van der Waals surface area contributed by atoms with E-state index < -0.39 is 11.9 Å². The van der Waals surface area contributed by atoms with Crippen LogP contribution in [0.25, 0.3) is 0 Å². The number of hydrogen-bond acceptors (Lipinski definition) is 2. The Morgan fingerprint density at radius 3 is 2.44 bits per heavy atom. The Kier molecular flexibility index (Phi) is 2.85. The number of carboxylic acids is 1. The predicted octanol–water partition coefficient (Wildman–Crippen LogP) is 0.723. The van der Waals surface area contributed by atoms with Crippen molar-refractivity contribution in [1.82, 2.24) is 10.6 Å². The van der Waals surface area contributed by atoms with Crippen LogP contribution >= 0.6 is 0 Å². The summed E-state index contributed by atoms with van der Waals surface area (Å²) in [7, 11) is 0. The summed E-state index contributed by atoms with van der Waals surface area (Å²) in [6.07, 6.45) is 4.86. The summed E-state index contributed by atoms with van der Waals surface area (Å²) < 4.78 is 0. The minimum atomic E-state index is -0.836. The van der Waals surface area contributed by atoms with Gasteiger partial charge in [-0.05, 0) is 18.8 Å². The SMILES string of the molecule is CC1CC1NC(=O)NC1C=CC(C(=O)O)C1. The Hall–Kier alpha value is -1.52. The molecule has 2 aliphatic rings. The summed E-state index contributed by atoms with van der Waals surface area (Å²) in [6, 6.07) is -0.0640. The minimum absolute atomic E-state index is 0.157. The van der Waals surface area contributed by atoms with Gasteiger partial charge in [0.1, 0.15) is 0 Å². The smallest absolute Gasteiger partial charge is 0.315 e. The average molecular weight is 224 g/mol. The van der Waals surface area contributed by atoms with E-state index in [-0.39, 0.29) is 12.1 Å². The zero-order chi connectivity index (χ0) is 11.7. The summed E-state index contributed by atoms with van der Waals surface area (Å²) in [5, 5.41) is 14.4. The number of carboxylic acid groups (broad SMARTS) is 1. The van der Waals surface area contributed by atoms with Gasteiger partial charge in [0.2, 0.25) is 0 Å². The Morgan fingerprint density at radius 1 is 1.25 bits per heavy atom. The van der Waals surface area contributed by atoms with Crippen LogP contribution in [0.4, 0.5) is 4.79 Å². The van der Waals surface area contributed by atoms with Gasteiger partial charge in [-0.1, -0.05) is 19.1 Å². The van der Waals surface area contributed by atoms with Crippen molar-refractivity contribution in [2.24, 2.45) is 11.8 Å². The van der Waals surface area contributed by atoms with Crippen LogP contribution in [0.3, 0.4) is 0 Å². The van der Waals surface area contributed by atoms with Gasteiger partial charge in [0, 0.05) is 6.04 Å². The van der Waals surface area contributed by atoms with Crippen molar-refractivity contribution in [2.75, 3.05) is 0 Å². The van der Waals surface area contributed by atoms with Crippen LogP contribution in [0, 0.1) is 11.8 Å². The Balaban J connectivity index is 1.73. The second-order valence-electron chi connectivity index (χ2n) is 4.61. The number of nitrogens with one attached hydrogen (secondary N) is 2. The van der Waals surface area contributed by atoms with Crippen molar-refractivity contribution in [3.05, 3.63) is 12.2 Å². The molecule has 0 aromatic rings. The summed E-state index contributed by atoms with van der Waals surface area (Å²) >= 11 is 0. The first-order valence-corrected chi connectivity index (χ1v) is 5.54. The van der Waals surface area contributed by atoms with Crippen LogP contribution in [0.5, 0.6) is 0 Å². The summed E-state index contributed by atoms with van der Waals surface area (Å²) in [5.41, 5.74) is 0. The predicted molar refractivity (Wildman–Crippen MR) is 57.9 cm³/mol. The highest BCUT2D eigenvalue weighted by Gasteiger charge is 2.34. The summed E-state index contributed by atoms with van der Waals surface area (Å²) in [5.74, 6) is -0.737. The van der Waals surface area contributed by atoms with Gasteiger partial charge < -0.3 is 15.7 Å². The van der Waals surface area contributed by atoms with Crippen molar-refractivity contribution >= 4 is 12.0 Å². The molecule has 4 unspecified atom stereocenters. The third kappa shape index (κ3) is 2.53. The lowest BCUT2D eigenvalue weighted by Crippen LogP contribution is -2.42. The van der Waals surface area contributed by atoms with Crippen LogP contribution in [0.15, 0.2) is 12.2 Å². The van der Waals surface area contributed by atoms with E-state index in [1.807, 2.05) is 0 Å². The van der Waals surface area contributed by atoms with Crippen LogP contribution in [0.1, 0.15) is 19.8 Å². The summed E-state index contributed by atoms with van der Waals surface area (Å²) in [6.45, 7) is 2.08. The molecule has 1 saturated carbocycles. The van der Waals surface area contributed by atoms with E-state index in [1.54, 1.807) is 12.2 Å². The van der Waals surface area contributed by atoms with E-state index in [1.165, 1.54) is 0 Å². The molecular formula is C11H16N2O3. The van der Waals surface area contributed by atoms with Crippen LogP contribution in [0.2, 0.25) is 0 Å². The Bertz CT molecular complexity index is 340. The number of rotatable bonds is 3. The number of carbonyl (C=O) groups excluding carboxylic acids is 1. The lowest BCUT2D eigenvalue weighted by Gasteiger charge is -2.12. The maximum Gasteiger partial charge on any atom is 0.315 e. The zero-order valence-corrected chi connectivity index (χ0v) is 9.14. The topological polar surface area (TPSA) is 78.4 Å². The fourth-order valence-electron chi connectivity index (χ4n) is 1.89. The van der Waals surface area contributed by atoms with E-state index in [2.05, 4.69) is 17.6 Å². The van der Waals surface area contributed by atoms with Crippen LogP contribution in [-0.4, -0.2) is 29.2 Å². The van der Waals surface area contributed by atoms with Crippen molar-refractivity contribution in [3.8, 4) is 0 Å². The minimum Gasteiger partial charge on any atom is -0.481 e. The first-order valence-electron chi connectivity index (χ1n) is 5.54. The molecule has 0 saturated heterocycles. The third-order valence-electron chi connectivity index (χ3n) is 3.14. The molecule has 3 N–H and O–H groups in total. The van der Waals surface area contributed by atoms with E-state index >= 15 is 0 Å². The Morgan fingerprint density at radius 2 is 1.94 bits per heavy atom. The molecule has 16 heavy (non-hydrogen) atoms. The molecule has 5 nitrogen and oxygen atoms in total. The highest BCUT2D eigenvalue weighted by molar-refractivity contribution is 5.76. The highest BCUT2D eigenvalue weighted by Crippen LogP contribution is 2.28. The fraction of sp³-hybridized carbons (Fsp3) is 0.636. The van der Waals surface area contributed by atoms with Gasteiger partial charge in [0.15, 0.2) is 0 Å². The second kappa shape index (κ2) is 4.15. The normalized spacial score (nSPS) is 35.8. The molecule has 0 aromatic carbocycles.